The first-order valence-electron chi connectivity index (χ1n) is 10.5. The van der Waals surface area contributed by atoms with Crippen LogP contribution in [0, 0.1) is 20.8 Å². The minimum Gasteiger partial charge on any atom is -0.359 e. The van der Waals surface area contributed by atoms with Gasteiger partial charge in [0, 0.05) is 11.6 Å². The number of nitrogens with one attached hydrogen (secondary N) is 1. The smallest absolute Gasteiger partial charge is 0.183 e. The lowest BCUT2D eigenvalue weighted by Gasteiger charge is -2.14. The normalized spacial score (nSPS) is 11.9. The van der Waals surface area contributed by atoms with E-state index in [1.54, 1.807) is 11.3 Å². The molecular weight excluding hydrogens is 366 g/mol. The van der Waals surface area contributed by atoms with Crippen molar-refractivity contribution in [2.45, 2.75) is 86.1 Å². The molecule has 0 spiro atoms. The van der Waals surface area contributed by atoms with Gasteiger partial charge in [-0.1, -0.05) is 39.0 Å². The van der Waals surface area contributed by atoms with Gasteiger partial charge in [0.1, 0.15) is 5.69 Å². The minimum atomic E-state index is 0.462. The van der Waals surface area contributed by atoms with Gasteiger partial charge in [-0.2, -0.15) is 5.10 Å². The zero-order valence-electron chi connectivity index (χ0n) is 18.3. The van der Waals surface area contributed by atoms with Crippen LogP contribution in [0.25, 0.3) is 16.2 Å². The van der Waals surface area contributed by atoms with Crippen molar-refractivity contribution in [1.82, 2.24) is 19.6 Å². The molecule has 152 valence electrons. The number of fused-ring (bicyclic) bond motifs is 1. The molecule has 0 aliphatic carbocycles. The summed E-state index contributed by atoms with van der Waals surface area (Å²) in [5, 5.41) is 9.42. The molecule has 3 heterocycles. The molecule has 0 saturated carbocycles. The maximum Gasteiger partial charge on any atom is 0.183 e. The summed E-state index contributed by atoms with van der Waals surface area (Å²) in [5.74, 6) is 0.508. The van der Waals surface area contributed by atoms with Gasteiger partial charge in [-0.15, -0.1) is 0 Å². The first-order chi connectivity index (χ1) is 13.4. The summed E-state index contributed by atoms with van der Waals surface area (Å²) in [6, 6.07) is 2.67. The van der Waals surface area contributed by atoms with Gasteiger partial charge in [-0.25, -0.2) is 14.5 Å². The van der Waals surface area contributed by atoms with Crippen molar-refractivity contribution >= 4 is 22.1 Å². The summed E-state index contributed by atoms with van der Waals surface area (Å²) in [5.41, 5.74) is 6.48. The maximum absolute atomic E-state index is 4.95. The Bertz CT molecular complexity index is 948. The fourth-order valence-electron chi connectivity index (χ4n) is 3.91. The van der Waals surface area contributed by atoms with Gasteiger partial charge in [0.2, 0.25) is 0 Å². The van der Waals surface area contributed by atoms with Gasteiger partial charge < -0.3 is 5.32 Å². The molecule has 3 rings (SSSR count). The molecule has 0 aromatic carbocycles. The van der Waals surface area contributed by atoms with Crippen molar-refractivity contribution in [2.24, 2.45) is 0 Å². The van der Waals surface area contributed by atoms with Crippen LogP contribution in [0.15, 0.2) is 6.07 Å². The van der Waals surface area contributed by atoms with E-state index in [4.69, 9.17) is 15.1 Å². The van der Waals surface area contributed by atoms with E-state index in [0.717, 1.165) is 64.1 Å². The Morgan fingerprint density at radius 2 is 1.64 bits per heavy atom. The summed E-state index contributed by atoms with van der Waals surface area (Å²) in [4.78, 5) is 10.9. The molecule has 0 aliphatic rings. The Morgan fingerprint density at radius 1 is 0.964 bits per heavy atom. The maximum atomic E-state index is 4.95. The molecule has 3 aromatic rings. The molecule has 0 saturated heterocycles. The molecule has 0 atom stereocenters. The predicted octanol–water partition coefficient (Wildman–Crippen LogP) is 6.28. The number of rotatable bonds is 8. The number of nitrogens with zero attached hydrogens (tertiary/aromatic N) is 4. The fraction of sp³-hybridized carbons (Fsp3) is 0.591. The van der Waals surface area contributed by atoms with E-state index < -0.39 is 0 Å². The van der Waals surface area contributed by atoms with E-state index in [1.807, 2.05) is 0 Å². The lowest BCUT2D eigenvalue weighted by molar-refractivity contribution is 0.638. The van der Waals surface area contributed by atoms with Gasteiger partial charge in [0.25, 0.3) is 0 Å². The fourth-order valence-corrected chi connectivity index (χ4v) is 5.04. The zero-order chi connectivity index (χ0) is 20.4. The Morgan fingerprint density at radius 3 is 2.25 bits per heavy atom. The summed E-state index contributed by atoms with van der Waals surface area (Å²) in [6.45, 7) is 15.2. The molecular formula is C22H33N5S. The Balaban J connectivity index is 2.14. The largest absolute Gasteiger partial charge is 0.359 e. The second kappa shape index (κ2) is 8.60. The van der Waals surface area contributed by atoms with Crippen molar-refractivity contribution in [2.75, 3.05) is 5.32 Å². The summed E-state index contributed by atoms with van der Waals surface area (Å²) in [7, 11) is 0. The average molecular weight is 400 g/mol. The van der Waals surface area contributed by atoms with E-state index in [0.29, 0.717) is 12.0 Å². The van der Waals surface area contributed by atoms with Crippen LogP contribution >= 0.6 is 11.3 Å². The molecule has 0 bridgehead atoms. The predicted molar refractivity (Wildman–Crippen MR) is 120 cm³/mol. The number of aromatic nitrogens is 4. The quantitative estimate of drug-likeness (QED) is 0.484. The first-order valence-corrected chi connectivity index (χ1v) is 11.4. The highest BCUT2D eigenvalue weighted by Crippen LogP contribution is 2.37. The van der Waals surface area contributed by atoms with Crippen molar-refractivity contribution < 1.29 is 0 Å². The SMILES string of the molecule is CCC(CC)Nc1nc(C)c(-c2c(C)nc3c(C(CC)CC)cc(C)nn23)s1. The van der Waals surface area contributed by atoms with Crippen molar-refractivity contribution in [3.05, 3.63) is 28.7 Å². The van der Waals surface area contributed by atoms with Crippen molar-refractivity contribution in [1.29, 1.82) is 0 Å². The average Bonchev–Trinajstić information content (AvgIpc) is 3.19. The second-order valence-electron chi connectivity index (χ2n) is 7.63. The van der Waals surface area contributed by atoms with Gasteiger partial charge >= 0.3 is 0 Å². The molecule has 1 N–H and O–H groups in total. The van der Waals surface area contributed by atoms with Crippen LogP contribution < -0.4 is 5.32 Å². The van der Waals surface area contributed by atoms with Crippen LogP contribution in [0.5, 0.6) is 0 Å². The monoisotopic (exact) mass is 399 g/mol. The van der Waals surface area contributed by atoms with Gasteiger partial charge in [0.15, 0.2) is 10.8 Å². The van der Waals surface area contributed by atoms with Gasteiger partial charge in [-0.3, -0.25) is 0 Å². The van der Waals surface area contributed by atoms with E-state index in [9.17, 15) is 0 Å². The summed E-state index contributed by atoms with van der Waals surface area (Å²) >= 11 is 1.71. The van der Waals surface area contributed by atoms with Crippen LogP contribution in [0.3, 0.4) is 0 Å². The lowest BCUT2D eigenvalue weighted by Crippen LogP contribution is -2.16. The number of thiazole rings is 1. The number of aryl methyl sites for hydroxylation is 3. The first kappa shape index (κ1) is 20.8. The third kappa shape index (κ3) is 3.79. The minimum absolute atomic E-state index is 0.462. The molecule has 5 nitrogen and oxygen atoms in total. The van der Waals surface area contributed by atoms with Crippen LogP contribution in [0.2, 0.25) is 0 Å². The summed E-state index contributed by atoms with van der Waals surface area (Å²) < 4.78 is 2.06. The number of hydrogen-bond acceptors (Lipinski definition) is 5. The molecule has 6 heteroatoms. The topological polar surface area (TPSA) is 55.1 Å². The molecule has 0 aliphatic heterocycles. The Kier molecular flexibility index (Phi) is 6.38. The molecule has 0 amide bonds. The molecule has 0 radical (unpaired) electrons. The highest BCUT2D eigenvalue weighted by molar-refractivity contribution is 7.19. The number of imidazole rings is 1. The molecule has 0 unspecified atom stereocenters. The zero-order valence-corrected chi connectivity index (χ0v) is 19.1. The highest BCUT2D eigenvalue weighted by atomic mass is 32.1. The number of hydrogen-bond donors (Lipinski definition) is 1. The molecule has 0 fully saturated rings. The third-order valence-corrected chi connectivity index (χ3v) is 6.75. The van der Waals surface area contributed by atoms with Gasteiger partial charge in [0.05, 0.1) is 22.0 Å². The van der Waals surface area contributed by atoms with Crippen molar-refractivity contribution in [3.63, 3.8) is 0 Å². The van der Waals surface area contributed by atoms with Crippen LogP contribution in [-0.4, -0.2) is 25.6 Å². The summed E-state index contributed by atoms with van der Waals surface area (Å²) in [6.07, 6.45) is 4.41. The molecule has 3 aromatic heterocycles. The standard InChI is InChI=1S/C22H33N5S/c1-8-16(9-2)18-12-13(5)26-27-19(14(6)23-21(18)27)20-15(7)24-22(28-20)25-17(10-3)11-4/h12,16-17H,8-11H2,1-7H3,(H,24,25). The van der Waals surface area contributed by atoms with E-state index in [2.05, 4.69) is 64.4 Å². The van der Waals surface area contributed by atoms with Crippen LogP contribution in [-0.2, 0) is 0 Å². The van der Waals surface area contributed by atoms with Crippen LogP contribution in [0.4, 0.5) is 5.13 Å². The van der Waals surface area contributed by atoms with E-state index >= 15 is 0 Å². The van der Waals surface area contributed by atoms with Crippen LogP contribution in [0.1, 0.15) is 81.9 Å². The lowest BCUT2D eigenvalue weighted by atomic mass is 9.95. The second-order valence-corrected chi connectivity index (χ2v) is 8.63. The molecule has 28 heavy (non-hydrogen) atoms. The van der Waals surface area contributed by atoms with E-state index in [-0.39, 0.29) is 0 Å². The van der Waals surface area contributed by atoms with Crippen molar-refractivity contribution in [3.8, 4) is 10.6 Å². The van der Waals surface area contributed by atoms with Gasteiger partial charge in [-0.05, 0) is 58.4 Å². The highest BCUT2D eigenvalue weighted by Gasteiger charge is 2.22. The Labute approximate surface area is 172 Å². The number of anilines is 1. The van der Waals surface area contributed by atoms with E-state index in [1.165, 1.54) is 5.56 Å². The Hall–Kier alpha value is -1.95. The third-order valence-electron chi connectivity index (χ3n) is 5.66.